The molecule has 0 saturated heterocycles. The maximum absolute atomic E-state index is 10.9. The molecule has 5 nitrogen and oxygen atoms in total. The standard InChI is InChI=1S/C10H14N2O3/c1-15-6-2-3-7(10(13)14)8(4-6)9(12)5-11/h2-4,9H,5,11-12H2,1H3,(H,13,14)/t9-/m0/s1. The van der Waals surface area contributed by atoms with E-state index < -0.39 is 12.0 Å². The van der Waals surface area contributed by atoms with E-state index in [1.165, 1.54) is 13.2 Å². The fourth-order valence-corrected chi connectivity index (χ4v) is 1.30. The number of ether oxygens (including phenoxy) is 1. The molecule has 1 aromatic carbocycles. The highest BCUT2D eigenvalue weighted by molar-refractivity contribution is 5.89. The molecular formula is C10H14N2O3. The Morgan fingerprint density at radius 2 is 2.27 bits per heavy atom. The molecule has 5 heteroatoms. The largest absolute Gasteiger partial charge is 0.497 e. The first-order chi connectivity index (χ1) is 7.10. The number of nitrogens with two attached hydrogens (primary N) is 2. The number of carbonyl (C=O) groups is 1. The van der Waals surface area contributed by atoms with Crippen LogP contribution in [-0.4, -0.2) is 24.7 Å². The van der Waals surface area contributed by atoms with Gasteiger partial charge >= 0.3 is 5.97 Å². The van der Waals surface area contributed by atoms with E-state index in [2.05, 4.69) is 0 Å². The van der Waals surface area contributed by atoms with Crippen molar-refractivity contribution < 1.29 is 14.6 Å². The second kappa shape index (κ2) is 4.77. The quantitative estimate of drug-likeness (QED) is 0.666. The highest BCUT2D eigenvalue weighted by Crippen LogP contribution is 2.22. The first-order valence-corrected chi connectivity index (χ1v) is 4.47. The minimum absolute atomic E-state index is 0.161. The lowest BCUT2D eigenvalue weighted by atomic mass is 10.0. The van der Waals surface area contributed by atoms with E-state index in [1.807, 2.05) is 0 Å². The lowest BCUT2D eigenvalue weighted by Crippen LogP contribution is -2.23. The Kier molecular flexibility index (Phi) is 3.65. The second-order valence-electron chi connectivity index (χ2n) is 3.10. The van der Waals surface area contributed by atoms with Crippen LogP contribution in [0.15, 0.2) is 18.2 Å². The third-order valence-corrected chi connectivity index (χ3v) is 2.14. The monoisotopic (exact) mass is 210 g/mol. The number of methoxy groups -OCH3 is 1. The summed E-state index contributed by atoms with van der Waals surface area (Å²) >= 11 is 0. The molecule has 0 unspecified atom stereocenters. The zero-order chi connectivity index (χ0) is 11.4. The molecular weight excluding hydrogens is 196 g/mol. The molecule has 1 aromatic rings. The van der Waals surface area contributed by atoms with Crippen LogP contribution in [0.4, 0.5) is 0 Å². The molecule has 0 bridgehead atoms. The summed E-state index contributed by atoms with van der Waals surface area (Å²) in [7, 11) is 1.51. The highest BCUT2D eigenvalue weighted by Gasteiger charge is 2.15. The van der Waals surface area contributed by atoms with Gasteiger partial charge in [0.15, 0.2) is 0 Å². The van der Waals surface area contributed by atoms with Gasteiger partial charge in [0.1, 0.15) is 5.75 Å². The molecule has 0 saturated carbocycles. The van der Waals surface area contributed by atoms with Crippen molar-refractivity contribution in [3.8, 4) is 5.75 Å². The molecule has 0 fully saturated rings. The molecule has 0 aromatic heterocycles. The van der Waals surface area contributed by atoms with Gasteiger partial charge < -0.3 is 21.3 Å². The van der Waals surface area contributed by atoms with Crippen LogP contribution in [0.5, 0.6) is 5.75 Å². The van der Waals surface area contributed by atoms with Crippen LogP contribution in [0.2, 0.25) is 0 Å². The average molecular weight is 210 g/mol. The number of carboxylic acids is 1. The number of hydrogen-bond donors (Lipinski definition) is 3. The summed E-state index contributed by atoms with van der Waals surface area (Å²) in [6, 6.07) is 4.15. The smallest absolute Gasteiger partial charge is 0.336 e. The Balaban J connectivity index is 3.22. The van der Waals surface area contributed by atoms with Gasteiger partial charge in [-0.15, -0.1) is 0 Å². The van der Waals surface area contributed by atoms with E-state index in [-0.39, 0.29) is 12.1 Å². The van der Waals surface area contributed by atoms with Crippen LogP contribution in [0.1, 0.15) is 22.0 Å². The topological polar surface area (TPSA) is 98.6 Å². The molecule has 0 spiro atoms. The lowest BCUT2D eigenvalue weighted by Gasteiger charge is -2.13. The van der Waals surface area contributed by atoms with Crippen LogP contribution in [0.3, 0.4) is 0 Å². The van der Waals surface area contributed by atoms with Gasteiger partial charge in [0.2, 0.25) is 0 Å². The normalized spacial score (nSPS) is 12.2. The molecule has 15 heavy (non-hydrogen) atoms. The van der Waals surface area contributed by atoms with Gasteiger partial charge in [-0.1, -0.05) is 0 Å². The molecule has 0 aliphatic rings. The SMILES string of the molecule is COc1ccc(C(=O)O)c([C@@H](N)CN)c1. The fraction of sp³-hybridized carbons (Fsp3) is 0.300. The van der Waals surface area contributed by atoms with Gasteiger partial charge in [0.25, 0.3) is 0 Å². The van der Waals surface area contributed by atoms with Crippen molar-refractivity contribution in [2.75, 3.05) is 13.7 Å². The zero-order valence-electron chi connectivity index (χ0n) is 8.43. The first-order valence-electron chi connectivity index (χ1n) is 4.47. The van der Waals surface area contributed by atoms with Gasteiger partial charge in [-0.05, 0) is 23.8 Å². The molecule has 0 amide bonds. The average Bonchev–Trinajstić information content (AvgIpc) is 2.26. The Labute approximate surface area is 87.6 Å². The Hall–Kier alpha value is -1.59. The number of carboxylic acid groups (broad SMARTS) is 1. The van der Waals surface area contributed by atoms with E-state index in [1.54, 1.807) is 12.1 Å². The Morgan fingerprint density at radius 3 is 2.73 bits per heavy atom. The minimum atomic E-state index is -1.02. The number of hydrogen-bond acceptors (Lipinski definition) is 4. The summed E-state index contributed by atoms with van der Waals surface area (Å²) in [4.78, 5) is 10.9. The molecule has 82 valence electrons. The van der Waals surface area contributed by atoms with Gasteiger partial charge in [-0.2, -0.15) is 0 Å². The van der Waals surface area contributed by atoms with Crippen LogP contribution >= 0.6 is 0 Å². The summed E-state index contributed by atoms with van der Waals surface area (Å²) in [5.41, 5.74) is 11.8. The second-order valence-corrected chi connectivity index (χ2v) is 3.10. The van der Waals surface area contributed by atoms with Gasteiger partial charge in [-0.25, -0.2) is 4.79 Å². The maximum Gasteiger partial charge on any atom is 0.336 e. The van der Waals surface area contributed by atoms with E-state index in [0.717, 1.165) is 0 Å². The van der Waals surface area contributed by atoms with Crippen LogP contribution in [0.25, 0.3) is 0 Å². The molecule has 0 heterocycles. The predicted octanol–water partition coefficient (Wildman–Crippen LogP) is 0.352. The van der Waals surface area contributed by atoms with Gasteiger partial charge in [0.05, 0.1) is 12.7 Å². The fourth-order valence-electron chi connectivity index (χ4n) is 1.30. The summed E-state index contributed by atoms with van der Waals surface area (Å²) in [6.07, 6.45) is 0. The summed E-state index contributed by atoms with van der Waals surface area (Å²) < 4.78 is 4.99. The lowest BCUT2D eigenvalue weighted by molar-refractivity contribution is 0.0695. The minimum Gasteiger partial charge on any atom is -0.497 e. The summed E-state index contributed by atoms with van der Waals surface area (Å²) in [6.45, 7) is 0.188. The first kappa shape index (κ1) is 11.5. The van der Waals surface area contributed by atoms with E-state index in [4.69, 9.17) is 21.3 Å². The number of aromatic carboxylic acids is 1. The number of rotatable bonds is 4. The van der Waals surface area contributed by atoms with Crippen molar-refractivity contribution in [1.29, 1.82) is 0 Å². The summed E-state index contributed by atoms with van der Waals surface area (Å²) in [5, 5.41) is 8.94. The molecule has 0 radical (unpaired) electrons. The van der Waals surface area contributed by atoms with Crippen LogP contribution in [0, 0.1) is 0 Å². The van der Waals surface area contributed by atoms with Crippen molar-refractivity contribution in [2.45, 2.75) is 6.04 Å². The van der Waals surface area contributed by atoms with Crippen molar-refractivity contribution in [3.05, 3.63) is 29.3 Å². The third kappa shape index (κ3) is 2.45. The van der Waals surface area contributed by atoms with E-state index >= 15 is 0 Å². The maximum atomic E-state index is 10.9. The Morgan fingerprint density at radius 1 is 1.60 bits per heavy atom. The predicted molar refractivity (Wildman–Crippen MR) is 55.9 cm³/mol. The van der Waals surface area contributed by atoms with Crippen molar-refractivity contribution in [3.63, 3.8) is 0 Å². The molecule has 0 aliphatic heterocycles. The molecule has 5 N–H and O–H groups in total. The van der Waals surface area contributed by atoms with Crippen molar-refractivity contribution >= 4 is 5.97 Å². The van der Waals surface area contributed by atoms with Crippen LogP contribution in [-0.2, 0) is 0 Å². The zero-order valence-corrected chi connectivity index (χ0v) is 8.43. The van der Waals surface area contributed by atoms with Gasteiger partial charge in [0, 0.05) is 12.6 Å². The molecule has 1 rings (SSSR count). The Bertz CT molecular complexity index is 366. The van der Waals surface area contributed by atoms with Crippen molar-refractivity contribution in [2.24, 2.45) is 11.5 Å². The van der Waals surface area contributed by atoms with Crippen molar-refractivity contribution in [1.82, 2.24) is 0 Å². The summed E-state index contributed by atoms with van der Waals surface area (Å²) in [5.74, 6) is -0.449. The molecule has 1 atom stereocenters. The molecule has 0 aliphatic carbocycles. The highest BCUT2D eigenvalue weighted by atomic mass is 16.5. The van der Waals surface area contributed by atoms with E-state index in [0.29, 0.717) is 11.3 Å². The third-order valence-electron chi connectivity index (χ3n) is 2.14. The van der Waals surface area contributed by atoms with E-state index in [9.17, 15) is 4.79 Å². The van der Waals surface area contributed by atoms with Gasteiger partial charge in [-0.3, -0.25) is 0 Å². The number of benzene rings is 1. The van der Waals surface area contributed by atoms with Crippen LogP contribution < -0.4 is 16.2 Å².